The van der Waals surface area contributed by atoms with Crippen molar-refractivity contribution >= 4 is 5.97 Å². The number of carbonyl (C=O) groups is 1. The van der Waals surface area contributed by atoms with Crippen LogP contribution >= 0.6 is 0 Å². The maximum atomic E-state index is 12.7. The van der Waals surface area contributed by atoms with E-state index in [0.29, 0.717) is 5.75 Å². The molecule has 0 saturated heterocycles. The topological polar surface area (TPSA) is 35.5 Å². The summed E-state index contributed by atoms with van der Waals surface area (Å²) in [7, 11) is 0. The summed E-state index contributed by atoms with van der Waals surface area (Å²) in [5, 5.41) is 0. The Hall–Kier alpha value is -1.84. The van der Waals surface area contributed by atoms with E-state index in [2.05, 4.69) is 4.74 Å². The van der Waals surface area contributed by atoms with E-state index < -0.39 is 17.9 Å². The molecular weight excluding hydrogens is 211 g/mol. The highest BCUT2D eigenvalue weighted by atomic mass is 19.1. The molecule has 84 valence electrons. The summed E-state index contributed by atoms with van der Waals surface area (Å²) < 4.78 is 22.7. The van der Waals surface area contributed by atoms with E-state index in [1.54, 1.807) is 0 Å². The lowest BCUT2D eigenvalue weighted by Gasteiger charge is -2.10. The Labute approximate surface area is 92.5 Å². The zero-order valence-electron chi connectivity index (χ0n) is 8.77. The Balaban J connectivity index is 1.89. The van der Waals surface area contributed by atoms with Crippen molar-refractivity contribution in [1.29, 1.82) is 0 Å². The fraction of sp³-hybridized carbons (Fsp3) is 0.250. The number of rotatable bonds is 3. The van der Waals surface area contributed by atoms with Gasteiger partial charge in [-0.1, -0.05) is 17.7 Å². The lowest BCUT2D eigenvalue weighted by Crippen LogP contribution is -2.17. The van der Waals surface area contributed by atoms with Crippen LogP contribution in [0.1, 0.15) is 5.56 Å². The molecule has 0 fully saturated rings. The SMILES string of the molecule is Cc1ccc(OC[C@@H]2C=C(F)C(=O)O2)cc1. The maximum absolute atomic E-state index is 12.7. The highest BCUT2D eigenvalue weighted by molar-refractivity contribution is 5.88. The molecule has 0 aromatic heterocycles. The standard InChI is InChI=1S/C12H11FO3/c1-8-2-4-9(5-3-8)15-7-10-6-11(13)12(14)16-10/h2-6,10H,7H2,1H3/t10-/m0/s1. The van der Waals surface area contributed by atoms with E-state index in [9.17, 15) is 9.18 Å². The molecule has 1 atom stereocenters. The van der Waals surface area contributed by atoms with Gasteiger partial charge >= 0.3 is 5.97 Å². The van der Waals surface area contributed by atoms with E-state index in [1.165, 1.54) is 0 Å². The number of aryl methyl sites for hydroxylation is 1. The molecule has 0 N–H and O–H groups in total. The van der Waals surface area contributed by atoms with Crippen molar-refractivity contribution in [3.63, 3.8) is 0 Å². The van der Waals surface area contributed by atoms with Gasteiger partial charge < -0.3 is 9.47 Å². The number of cyclic esters (lactones) is 1. The van der Waals surface area contributed by atoms with Crippen molar-refractivity contribution in [1.82, 2.24) is 0 Å². The smallest absolute Gasteiger partial charge is 0.367 e. The first-order valence-corrected chi connectivity index (χ1v) is 4.93. The molecule has 1 aliphatic rings. The fourth-order valence-corrected chi connectivity index (χ4v) is 1.35. The molecule has 1 aromatic carbocycles. The summed E-state index contributed by atoms with van der Waals surface area (Å²) in [5.41, 5.74) is 1.13. The van der Waals surface area contributed by atoms with Gasteiger partial charge in [0.15, 0.2) is 6.10 Å². The van der Waals surface area contributed by atoms with E-state index in [4.69, 9.17) is 4.74 Å². The summed E-state index contributed by atoms with van der Waals surface area (Å²) in [5.74, 6) is -1.10. The molecule has 3 nitrogen and oxygen atoms in total. The Morgan fingerprint density at radius 2 is 2.06 bits per heavy atom. The van der Waals surface area contributed by atoms with Gasteiger partial charge in [-0.2, -0.15) is 4.39 Å². The van der Waals surface area contributed by atoms with Crippen molar-refractivity contribution in [2.45, 2.75) is 13.0 Å². The minimum Gasteiger partial charge on any atom is -0.489 e. The molecule has 0 aliphatic carbocycles. The average Bonchev–Trinajstić information content (AvgIpc) is 2.58. The van der Waals surface area contributed by atoms with Crippen LogP contribution in [0.4, 0.5) is 4.39 Å². The third-order valence-electron chi connectivity index (χ3n) is 2.22. The first-order valence-electron chi connectivity index (χ1n) is 4.93. The van der Waals surface area contributed by atoms with Gasteiger partial charge in [-0.25, -0.2) is 4.79 Å². The quantitative estimate of drug-likeness (QED) is 0.735. The molecule has 0 amide bonds. The minimum atomic E-state index is -0.919. The molecule has 0 unspecified atom stereocenters. The molecule has 1 aliphatic heterocycles. The van der Waals surface area contributed by atoms with Crippen LogP contribution < -0.4 is 4.74 Å². The van der Waals surface area contributed by atoms with E-state index in [1.807, 2.05) is 31.2 Å². The number of halogens is 1. The highest BCUT2D eigenvalue weighted by Crippen LogP contribution is 2.17. The lowest BCUT2D eigenvalue weighted by atomic mass is 10.2. The second kappa shape index (κ2) is 4.35. The third-order valence-corrected chi connectivity index (χ3v) is 2.22. The summed E-state index contributed by atoms with van der Waals surface area (Å²) >= 11 is 0. The monoisotopic (exact) mass is 222 g/mol. The highest BCUT2D eigenvalue weighted by Gasteiger charge is 2.25. The molecular formula is C12H11FO3. The molecule has 0 spiro atoms. The van der Waals surface area contributed by atoms with Crippen LogP contribution in [0.3, 0.4) is 0 Å². The zero-order valence-corrected chi connectivity index (χ0v) is 8.77. The number of esters is 1. The van der Waals surface area contributed by atoms with Crippen molar-refractivity contribution in [2.24, 2.45) is 0 Å². The van der Waals surface area contributed by atoms with Crippen LogP contribution in [0.2, 0.25) is 0 Å². The second-order valence-electron chi connectivity index (χ2n) is 3.58. The van der Waals surface area contributed by atoms with Crippen molar-refractivity contribution in [3.05, 3.63) is 41.7 Å². The van der Waals surface area contributed by atoms with Crippen molar-refractivity contribution < 1.29 is 18.7 Å². The zero-order chi connectivity index (χ0) is 11.5. The maximum Gasteiger partial charge on any atom is 0.367 e. The van der Waals surface area contributed by atoms with E-state index in [0.717, 1.165) is 11.6 Å². The van der Waals surface area contributed by atoms with Crippen LogP contribution in [-0.4, -0.2) is 18.7 Å². The van der Waals surface area contributed by atoms with Gasteiger partial charge in [0.1, 0.15) is 12.4 Å². The lowest BCUT2D eigenvalue weighted by molar-refractivity contribution is -0.141. The van der Waals surface area contributed by atoms with Crippen LogP contribution in [0, 0.1) is 6.92 Å². The number of hydrogen-bond donors (Lipinski definition) is 0. The molecule has 0 bridgehead atoms. The van der Waals surface area contributed by atoms with Crippen LogP contribution in [-0.2, 0) is 9.53 Å². The van der Waals surface area contributed by atoms with Crippen LogP contribution in [0.25, 0.3) is 0 Å². The van der Waals surface area contributed by atoms with Gasteiger partial charge in [0.2, 0.25) is 5.83 Å². The van der Waals surface area contributed by atoms with Crippen LogP contribution in [0.5, 0.6) is 5.75 Å². The Kier molecular flexibility index (Phi) is 2.90. The van der Waals surface area contributed by atoms with Gasteiger partial charge in [0, 0.05) is 6.08 Å². The van der Waals surface area contributed by atoms with Gasteiger partial charge in [0.05, 0.1) is 0 Å². The summed E-state index contributed by atoms with van der Waals surface area (Å²) in [6.07, 6.45) is 0.491. The number of hydrogen-bond acceptors (Lipinski definition) is 3. The molecule has 1 heterocycles. The summed E-state index contributed by atoms with van der Waals surface area (Å²) in [6.45, 7) is 2.10. The fourth-order valence-electron chi connectivity index (χ4n) is 1.35. The van der Waals surface area contributed by atoms with E-state index in [-0.39, 0.29) is 6.61 Å². The number of benzene rings is 1. The minimum absolute atomic E-state index is 0.127. The third kappa shape index (κ3) is 2.39. The Morgan fingerprint density at radius 3 is 2.62 bits per heavy atom. The predicted octanol–water partition coefficient (Wildman–Crippen LogP) is 2.15. The van der Waals surface area contributed by atoms with Gasteiger partial charge in [-0.05, 0) is 19.1 Å². The van der Waals surface area contributed by atoms with Crippen LogP contribution in [0.15, 0.2) is 36.2 Å². The van der Waals surface area contributed by atoms with Gasteiger partial charge in [0.25, 0.3) is 0 Å². The normalized spacial score (nSPS) is 19.2. The Morgan fingerprint density at radius 1 is 1.38 bits per heavy atom. The summed E-state index contributed by atoms with van der Waals surface area (Å²) in [4.78, 5) is 10.7. The second-order valence-corrected chi connectivity index (χ2v) is 3.58. The molecule has 2 rings (SSSR count). The molecule has 1 aromatic rings. The van der Waals surface area contributed by atoms with Crippen molar-refractivity contribution in [2.75, 3.05) is 6.61 Å². The molecule has 0 saturated carbocycles. The predicted molar refractivity (Wildman–Crippen MR) is 55.7 cm³/mol. The Bertz CT molecular complexity index is 422. The average molecular weight is 222 g/mol. The van der Waals surface area contributed by atoms with Gasteiger partial charge in [-0.3, -0.25) is 0 Å². The summed E-state index contributed by atoms with van der Waals surface area (Å²) in [6, 6.07) is 7.44. The number of ether oxygens (including phenoxy) is 2. The molecule has 0 radical (unpaired) electrons. The first-order chi connectivity index (χ1) is 7.65. The van der Waals surface area contributed by atoms with Crippen molar-refractivity contribution in [3.8, 4) is 5.75 Å². The largest absolute Gasteiger partial charge is 0.489 e. The van der Waals surface area contributed by atoms with E-state index >= 15 is 0 Å². The molecule has 4 heteroatoms. The molecule has 16 heavy (non-hydrogen) atoms. The first kappa shape index (κ1) is 10.7. The number of carbonyl (C=O) groups excluding carboxylic acids is 1. The van der Waals surface area contributed by atoms with Gasteiger partial charge in [-0.15, -0.1) is 0 Å².